The van der Waals surface area contributed by atoms with Crippen LogP contribution in [0.3, 0.4) is 0 Å². The van der Waals surface area contributed by atoms with Gasteiger partial charge in [0, 0.05) is 68.1 Å². The van der Waals surface area contributed by atoms with E-state index in [2.05, 4.69) is 166 Å². The molecule has 0 saturated carbocycles. The molecule has 4 heterocycles. The molecule has 0 aliphatic rings. The van der Waals surface area contributed by atoms with Gasteiger partial charge in [-0.2, -0.15) is 0 Å². The molecule has 0 amide bonds. The first-order chi connectivity index (χ1) is 25.2. The lowest BCUT2D eigenvalue weighted by atomic mass is 9.92. The summed E-state index contributed by atoms with van der Waals surface area (Å²) >= 11 is 5.73. The van der Waals surface area contributed by atoms with E-state index < -0.39 is 0 Å². The van der Waals surface area contributed by atoms with Crippen LogP contribution in [0, 0.1) is 0 Å². The molecule has 0 bridgehead atoms. The molecule has 3 nitrogen and oxygen atoms in total. The maximum Gasteiger partial charge on any atom is 0.161 e. The van der Waals surface area contributed by atoms with Crippen LogP contribution >= 0.6 is 27.3 Å². The van der Waals surface area contributed by atoms with Crippen molar-refractivity contribution in [2.45, 2.75) is 0 Å². The molecule has 0 saturated heterocycles. The van der Waals surface area contributed by atoms with Crippen LogP contribution in [0.1, 0.15) is 0 Å². The van der Waals surface area contributed by atoms with Crippen molar-refractivity contribution in [2.24, 2.45) is 0 Å². The SMILES string of the molecule is Brc1cc2cc(-c3nc(-c4cccc5c4sc4ccccc45)nc4ccccc34)c3c4ccccc4n4c5c6ccccc6ccc5c(c1)c2c34. The van der Waals surface area contributed by atoms with Crippen LogP contribution < -0.4 is 0 Å². The molecule has 0 aliphatic heterocycles. The summed E-state index contributed by atoms with van der Waals surface area (Å²) < 4.78 is 6.07. The molecule has 0 atom stereocenters. The number of fused-ring (bicyclic) bond motifs is 12. The third-order valence-electron chi connectivity index (χ3n) is 10.7. The van der Waals surface area contributed by atoms with Gasteiger partial charge in [0.15, 0.2) is 5.82 Å². The molecule has 0 N–H and O–H groups in total. The average Bonchev–Trinajstić information content (AvgIpc) is 3.73. The van der Waals surface area contributed by atoms with Crippen molar-refractivity contribution >= 4 is 118 Å². The molecule has 0 spiro atoms. The highest BCUT2D eigenvalue weighted by molar-refractivity contribution is 9.10. The Morgan fingerprint density at radius 3 is 2.18 bits per heavy atom. The molecule has 51 heavy (non-hydrogen) atoms. The van der Waals surface area contributed by atoms with E-state index in [0.717, 1.165) is 38.0 Å². The van der Waals surface area contributed by atoms with Crippen molar-refractivity contribution in [3.05, 3.63) is 150 Å². The highest BCUT2D eigenvalue weighted by Gasteiger charge is 2.25. The number of hydrogen-bond acceptors (Lipinski definition) is 3. The highest BCUT2D eigenvalue weighted by Crippen LogP contribution is 2.48. The second-order valence-electron chi connectivity index (χ2n) is 13.4. The number of hydrogen-bond donors (Lipinski definition) is 0. The Labute approximate surface area is 303 Å². The van der Waals surface area contributed by atoms with Crippen LogP contribution in [-0.2, 0) is 0 Å². The van der Waals surface area contributed by atoms with Crippen LogP contribution in [0.4, 0.5) is 0 Å². The van der Waals surface area contributed by atoms with Gasteiger partial charge < -0.3 is 4.40 Å². The molecule has 8 aromatic carbocycles. The van der Waals surface area contributed by atoms with Crippen molar-refractivity contribution in [2.75, 3.05) is 0 Å². The standard InChI is InChI=1S/C46H24BrN3S/c47-27-22-26-23-36(42-32-13-3-6-17-37(32)48-46(49-42)34-16-9-15-31-29-12-5-8-19-39(29)51-45(31)34)41-33-14-4-7-18-38(33)50-43-28-11-2-1-10-25(28)20-21-30(43)35(24-27)40(26)44(41)50/h1-24H. The van der Waals surface area contributed by atoms with Gasteiger partial charge in [-0.1, -0.05) is 119 Å². The van der Waals surface area contributed by atoms with E-state index in [0.29, 0.717) is 0 Å². The summed E-state index contributed by atoms with van der Waals surface area (Å²) in [5.74, 6) is 0.746. The summed E-state index contributed by atoms with van der Waals surface area (Å²) in [4.78, 5) is 10.8. The third-order valence-corrected chi connectivity index (χ3v) is 12.4. The molecule has 12 aromatic rings. The minimum Gasteiger partial charge on any atom is -0.307 e. The topological polar surface area (TPSA) is 30.2 Å². The summed E-state index contributed by atoms with van der Waals surface area (Å²) in [6, 6.07) is 52.8. The zero-order valence-corrected chi connectivity index (χ0v) is 29.4. The zero-order valence-electron chi connectivity index (χ0n) is 27.0. The second kappa shape index (κ2) is 10.1. The monoisotopic (exact) mass is 729 g/mol. The molecule has 0 aliphatic carbocycles. The summed E-state index contributed by atoms with van der Waals surface area (Å²) in [5.41, 5.74) is 7.71. The first-order valence-corrected chi connectivity index (χ1v) is 18.7. The van der Waals surface area contributed by atoms with Crippen molar-refractivity contribution in [3.8, 4) is 22.6 Å². The van der Waals surface area contributed by atoms with Gasteiger partial charge in [0.1, 0.15) is 0 Å². The molecular formula is C46H24BrN3S. The van der Waals surface area contributed by atoms with Crippen molar-refractivity contribution < 1.29 is 0 Å². The first-order valence-electron chi connectivity index (χ1n) is 17.1. The lowest BCUT2D eigenvalue weighted by Crippen LogP contribution is -1.98. The summed E-state index contributed by atoms with van der Waals surface area (Å²) in [7, 11) is 0. The maximum atomic E-state index is 5.57. The number of thiophene rings is 1. The normalized spacial score (nSPS) is 12.4. The number of rotatable bonds is 2. The first kappa shape index (κ1) is 27.9. The summed E-state index contributed by atoms with van der Waals surface area (Å²) in [6.45, 7) is 0. The number of para-hydroxylation sites is 2. The van der Waals surface area contributed by atoms with E-state index in [-0.39, 0.29) is 0 Å². The van der Waals surface area contributed by atoms with E-state index in [1.54, 1.807) is 0 Å². The number of aromatic nitrogens is 3. The van der Waals surface area contributed by atoms with Gasteiger partial charge in [-0.25, -0.2) is 9.97 Å². The largest absolute Gasteiger partial charge is 0.307 e. The molecule has 0 fully saturated rings. The fourth-order valence-corrected chi connectivity index (χ4v) is 10.3. The van der Waals surface area contributed by atoms with Crippen LogP contribution in [0.2, 0.25) is 0 Å². The number of pyridine rings is 1. The van der Waals surface area contributed by atoms with Crippen molar-refractivity contribution in [1.29, 1.82) is 0 Å². The molecule has 236 valence electrons. The van der Waals surface area contributed by atoms with Gasteiger partial charge in [0.05, 0.1) is 27.8 Å². The van der Waals surface area contributed by atoms with Gasteiger partial charge in [0.2, 0.25) is 0 Å². The Hall–Kier alpha value is -5.88. The Bertz CT molecular complexity index is 3450. The van der Waals surface area contributed by atoms with E-state index in [1.165, 1.54) is 79.8 Å². The summed E-state index contributed by atoms with van der Waals surface area (Å²) in [5, 5.41) is 13.4. The molecule has 12 rings (SSSR count). The van der Waals surface area contributed by atoms with Gasteiger partial charge in [-0.3, -0.25) is 0 Å². The Morgan fingerprint density at radius 2 is 1.25 bits per heavy atom. The molecule has 0 unspecified atom stereocenters. The minimum atomic E-state index is 0.746. The third kappa shape index (κ3) is 3.72. The van der Waals surface area contributed by atoms with E-state index in [4.69, 9.17) is 9.97 Å². The number of benzene rings is 8. The predicted octanol–water partition coefficient (Wildman–Crippen LogP) is 13.6. The highest BCUT2D eigenvalue weighted by atomic mass is 79.9. The second-order valence-corrected chi connectivity index (χ2v) is 15.4. The number of nitrogens with zero attached hydrogens (tertiary/aromatic N) is 3. The maximum absolute atomic E-state index is 5.57. The molecular weight excluding hydrogens is 706 g/mol. The summed E-state index contributed by atoms with van der Waals surface area (Å²) in [6.07, 6.45) is 0. The van der Waals surface area contributed by atoms with Gasteiger partial charge in [0.25, 0.3) is 0 Å². The van der Waals surface area contributed by atoms with Crippen molar-refractivity contribution in [3.63, 3.8) is 0 Å². The van der Waals surface area contributed by atoms with Crippen LogP contribution in [0.25, 0.3) is 113 Å². The molecule has 0 radical (unpaired) electrons. The lowest BCUT2D eigenvalue weighted by molar-refractivity contribution is 1.24. The zero-order chi connectivity index (χ0) is 33.4. The fourth-order valence-electron chi connectivity index (χ4n) is 8.65. The van der Waals surface area contributed by atoms with Crippen LogP contribution in [0.15, 0.2) is 150 Å². The van der Waals surface area contributed by atoms with E-state index in [9.17, 15) is 0 Å². The van der Waals surface area contributed by atoms with Gasteiger partial charge in [-0.15, -0.1) is 11.3 Å². The lowest BCUT2D eigenvalue weighted by Gasteiger charge is -2.17. The van der Waals surface area contributed by atoms with E-state index in [1.807, 2.05) is 11.3 Å². The average molecular weight is 731 g/mol. The molecule has 4 aromatic heterocycles. The minimum absolute atomic E-state index is 0.746. The Kier molecular flexibility index (Phi) is 5.52. The van der Waals surface area contributed by atoms with Gasteiger partial charge >= 0.3 is 0 Å². The van der Waals surface area contributed by atoms with Gasteiger partial charge in [-0.05, 0) is 58.6 Å². The predicted molar refractivity (Wildman–Crippen MR) is 221 cm³/mol. The van der Waals surface area contributed by atoms with Crippen LogP contribution in [0.5, 0.6) is 0 Å². The fraction of sp³-hybridized carbons (Fsp3) is 0. The smallest absolute Gasteiger partial charge is 0.161 e. The quantitative estimate of drug-likeness (QED) is 0.131. The molecule has 5 heteroatoms. The Morgan fingerprint density at radius 1 is 0.490 bits per heavy atom. The van der Waals surface area contributed by atoms with Crippen LogP contribution in [-0.4, -0.2) is 14.4 Å². The van der Waals surface area contributed by atoms with Crippen molar-refractivity contribution in [1.82, 2.24) is 14.4 Å². The van der Waals surface area contributed by atoms with E-state index >= 15 is 0 Å². The number of halogens is 1. The Balaban J connectivity index is 1.29.